The quantitative estimate of drug-likeness (QED) is 0.601. The lowest BCUT2D eigenvalue weighted by Crippen LogP contribution is -2.42. The van der Waals surface area contributed by atoms with E-state index < -0.39 is 0 Å². The van der Waals surface area contributed by atoms with Gasteiger partial charge in [-0.25, -0.2) is 0 Å². The van der Waals surface area contributed by atoms with E-state index in [0.29, 0.717) is 23.9 Å². The highest BCUT2D eigenvalue weighted by Gasteiger charge is 2.30. The fraction of sp³-hybridized carbons (Fsp3) is 0.731. The van der Waals surface area contributed by atoms with Gasteiger partial charge >= 0.3 is 0 Å². The maximum Gasteiger partial charge on any atom is 0.225 e. The van der Waals surface area contributed by atoms with E-state index in [4.69, 9.17) is 9.47 Å². The maximum absolute atomic E-state index is 12.7. The third kappa shape index (κ3) is 5.81. The lowest BCUT2D eigenvalue weighted by Gasteiger charge is -2.35. The van der Waals surface area contributed by atoms with Crippen molar-refractivity contribution in [2.75, 3.05) is 39.5 Å². The number of ether oxygens (including phenoxy) is 2. The van der Waals surface area contributed by atoms with Crippen LogP contribution >= 0.6 is 0 Å². The van der Waals surface area contributed by atoms with E-state index in [0.717, 1.165) is 77.3 Å². The van der Waals surface area contributed by atoms with Crippen LogP contribution in [0.2, 0.25) is 0 Å². The van der Waals surface area contributed by atoms with Gasteiger partial charge in [-0.05, 0) is 82.4 Å². The first-order valence-electron chi connectivity index (χ1n) is 12.5. The molecule has 172 valence electrons. The Labute approximate surface area is 188 Å². The van der Waals surface area contributed by atoms with E-state index in [9.17, 15) is 4.79 Å². The molecule has 3 aliphatic heterocycles. The molecule has 1 amide bonds. The van der Waals surface area contributed by atoms with Crippen LogP contribution in [-0.2, 0) is 9.53 Å². The second-order valence-corrected chi connectivity index (χ2v) is 9.77. The average Bonchev–Trinajstić information content (AvgIpc) is 3.14. The second-order valence-electron chi connectivity index (χ2n) is 9.77. The summed E-state index contributed by atoms with van der Waals surface area (Å²) < 4.78 is 11.4. The van der Waals surface area contributed by atoms with Crippen LogP contribution in [0.5, 0.6) is 5.75 Å². The van der Waals surface area contributed by atoms with Crippen molar-refractivity contribution >= 4 is 5.91 Å². The molecule has 0 spiro atoms. The monoisotopic (exact) mass is 428 g/mol. The molecule has 0 aromatic heterocycles. The molecular formula is C26H40N2O3. The summed E-state index contributed by atoms with van der Waals surface area (Å²) in [7, 11) is 0. The molecule has 5 nitrogen and oxygen atoms in total. The van der Waals surface area contributed by atoms with Crippen LogP contribution in [0.3, 0.4) is 0 Å². The first kappa shape index (κ1) is 22.6. The zero-order chi connectivity index (χ0) is 21.6. The van der Waals surface area contributed by atoms with Crippen LogP contribution in [-0.4, -0.2) is 67.2 Å². The fourth-order valence-corrected chi connectivity index (χ4v) is 5.60. The van der Waals surface area contributed by atoms with E-state index >= 15 is 0 Å². The zero-order valence-corrected chi connectivity index (χ0v) is 19.4. The van der Waals surface area contributed by atoms with Crippen molar-refractivity contribution in [2.45, 2.75) is 76.8 Å². The van der Waals surface area contributed by atoms with Gasteiger partial charge < -0.3 is 14.4 Å². The Morgan fingerprint density at radius 1 is 0.968 bits per heavy atom. The van der Waals surface area contributed by atoms with E-state index in [1.807, 2.05) is 0 Å². The molecule has 2 atom stereocenters. The molecule has 3 aliphatic rings. The summed E-state index contributed by atoms with van der Waals surface area (Å²) in [6, 6.07) is 10.1. The predicted octanol–water partition coefficient (Wildman–Crippen LogP) is 4.46. The number of hydrogen-bond acceptors (Lipinski definition) is 4. The number of carbonyl (C=O) groups excluding carboxylic acids is 1. The van der Waals surface area contributed by atoms with Crippen LogP contribution in [0, 0.1) is 5.92 Å². The normalized spacial score (nSPS) is 26.3. The SMILES string of the molecule is C[C@@H]1CC[C@@H](C)N1CCCOc1ccc(C2CCN(C(=O)C3CCOCC3)CC2)cc1. The van der Waals surface area contributed by atoms with Gasteiger partial charge in [-0.15, -0.1) is 0 Å². The van der Waals surface area contributed by atoms with Crippen LogP contribution in [0.1, 0.15) is 70.3 Å². The van der Waals surface area contributed by atoms with Gasteiger partial charge in [-0.1, -0.05) is 12.1 Å². The summed E-state index contributed by atoms with van der Waals surface area (Å²) in [6.45, 7) is 9.82. The number of amides is 1. The largest absolute Gasteiger partial charge is 0.494 e. The number of rotatable bonds is 7. The van der Waals surface area contributed by atoms with Crippen molar-refractivity contribution in [3.05, 3.63) is 29.8 Å². The van der Waals surface area contributed by atoms with Crippen molar-refractivity contribution < 1.29 is 14.3 Å². The van der Waals surface area contributed by atoms with E-state index in [1.165, 1.54) is 18.4 Å². The molecule has 0 saturated carbocycles. The number of nitrogens with zero attached hydrogens (tertiary/aromatic N) is 2. The summed E-state index contributed by atoms with van der Waals surface area (Å²) in [5.74, 6) is 2.05. The Bertz CT molecular complexity index is 683. The average molecular weight is 429 g/mol. The van der Waals surface area contributed by atoms with E-state index in [2.05, 4.69) is 47.9 Å². The number of piperidine rings is 1. The zero-order valence-electron chi connectivity index (χ0n) is 19.4. The molecule has 3 fully saturated rings. The molecule has 0 unspecified atom stereocenters. The van der Waals surface area contributed by atoms with Crippen molar-refractivity contribution in [3.8, 4) is 5.75 Å². The molecular weight excluding hydrogens is 388 g/mol. The van der Waals surface area contributed by atoms with Gasteiger partial charge in [-0.3, -0.25) is 9.69 Å². The highest BCUT2D eigenvalue weighted by Crippen LogP contribution is 2.31. The lowest BCUT2D eigenvalue weighted by atomic mass is 9.88. The van der Waals surface area contributed by atoms with E-state index in [-0.39, 0.29) is 5.92 Å². The van der Waals surface area contributed by atoms with Crippen molar-refractivity contribution in [2.24, 2.45) is 5.92 Å². The molecule has 0 radical (unpaired) electrons. The molecule has 0 bridgehead atoms. The van der Waals surface area contributed by atoms with Crippen molar-refractivity contribution in [1.29, 1.82) is 0 Å². The number of benzene rings is 1. The Hall–Kier alpha value is -1.59. The molecule has 0 aliphatic carbocycles. The molecule has 3 heterocycles. The summed E-state index contributed by atoms with van der Waals surface area (Å²) in [4.78, 5) is 17.4. The van der Waals surface area contributed by atoms with Gasteiger partial charge in [0.2, 0.25) is 5.91 Å². The molecule has 5 heteroatoms. The molecule has 0 N–H and O–H groups in total. The Kier molecular flexibility index (Phi) is 7.89. The molecule has 1 aromatic carbocycles. The minimum atomic E-state index is 0.179. The topological polar surface area (TPSA) is 42.0 Å². The van der Waals surface area contributed by atoms with Crippen LogP contribution in [0.15, 0.2) is 24.3 Å². The van der Waals surface area contributed by atoms with Gasteiger partial charge in [0.25, 0.3) is 0 Å². The minimum Gasteiger partial charge on any atom is -0.494 e. The van der Waals surface area contributed by atoms with Gasteiger partial charge in [0.1, 0.15) is 5.75 Å². The molecule has 1 aromatic rings. The Morgan fingerprint density at radius 2 is 1.61 bits per heavy atom. The number of hydrogen-bond donors (Lipinski definition) is 0. The number of likely N-dealkylation sites (tertiary alicyclic amines) is 2. The minimum absolute atomic E-state index is 0.179. The van der Waals surface area contributed by atoms with Crippen molar-refractivity contribution in [3.63, 3.8) is 0 Å². The summed E-state index contributed by atoms with van der Waals surface area (Å²) in [6.07, 6.45) is 7.61. The van der Waals surface area contributed by atoms with Gasteiger partial charge in [0.05, 0.1) is 6.61 Å². The second kappa shape index (κ2) is 10.8. The predicted molar refractivity (Wildman–Crippen MR) is 124 cm³/mol. The Balaban J connectivity index is 1.18. The van der Waals surface area contributed by atoms with Gasteiger partial charge in [-0.2, -0.15) is 0 Å². The van der Waals surface area contributed by atoms with Gasteiger partial charge in [0.15, 0.2) is 0 Å². The molecule has 3 saturated heterocycles. The smallest absolute Gasteiger partial charge is 0.225 e. The highest BCUT2D eigenvalue weighted by molar-refractivity contribution is 5.79. The first-order valence-corrected chi connectivity index (χ1v) is 12.5. The fourth-order valence-electron chi connectivity index (χ4n) is 5.60. The summed E-state index contributed by atoms with van der Waals surface area (Å²) >= 11 is 0. The molecule has 31 heavy (non-hydrogen) atoms. The van der Waals surface area contributed by atoms with Gasteiger partial charge in [0, 0.05) is 50.8 Å². The van der Waals surface area contributed by atoms with E-state index in [1.54, 1.807) is 0 Å². The van der Waals surface area contributed by atoms with Crippen LogP contribution < -0.4 is 4.74 Å². The third-order valence-electron chi connectivity index (χ3n) is 7.69. The molecule has 4 rings (SSSR count). The maximum atomic E-state index is 12.7. The van der Waals surface area contributed by atoms with Crippen LogP contribution in [0.25, 0.3) is 0 Å². The standard InChI is InChI=1S/C26H40N2O3/c1-20-4-5-21(2)28(20)14-3-17-31-25-8-6-22(7-9-25)23-10-15-27(16-11-23)26(29)24-12-18-30-19-13-24/h6-9,20-21,23-24H,3-5,10-19H2,1-2H3/t20-,21-/m1/s1. The number of carbonyl (C=O) groups is 1. The third-order valence-corrected chi connectivity index (χ3v) is 7.69. The van der Waals surface area contributed by atoms with Crippen molar-refractivity contribution in [1.82, 2.24) is 9.80 Å². The van der Waals surface area contributed by atoms with Crippen LogP contribution in [0.4, 0.5) is 0 Å². The summed E-state index contributed by atoms with van der Waals surface area (Å²) in [5.41, 5.74) is 1.38. The highest BCUT2D eigenvalue weighted by atomic mass is 16.5. The first-order chi connectivity index (χ1) is 15.1. The lowest BCUT2D eigenvalue weighted by molar-refractivity contribution is -0.139. The summed E-state index contributed by atoms with van der Waals surface area (Å²) in [5, 5.41) is 0. The Morgan fingerprint density at radius 3 is 2.26 bits per heavy atom.